The number of nitro benzene ring substituents is 1. The highest BCUT2D eigenvalue weighted by Gasteiger charge is 2.14. The Morgan fingerprint density at radius 2 is 1.79 bits per heavy atom. The summed E-state index contributed by atoms with van der Waals surface area (Å²) in [6.07, 6.45) is 0. The van der Waals surface area contributed by atoms with Crippen molar-refractivity contribution in [3.05, 3.63) is 58.1 Å². The predicted molar refractivity (Wildman–Crippen MR) is 71.9 cm³/mol. The summed E-state index contributed by atoms with van der Waals surface area (Å²) in [6.45, 7) is 0. The van der Waals surface area contributed by atoms with Crippen LogP contribution >= 0.6 is 0 Å². The number of nitro groups is 1. The van der Waals surface area contributed by atoms with Crippen molar-refractivity contribution >= 4 is 22.7 Å². The van der Waals surface area contributed by atoms with Crippen molar-refractivity contribution in [2.24, 2.45) is 0 Å². The summed E-state index contributed by atoms with van der Waals surface area (Å²) in [5.74, 6) is 0. The van der Waals surface area contributed by atoms with Crippen molar-refractivity contribution in [2.45, 2.75) is 0 Å². The molecular weight excluding hydrogens is 244 g/mol. The standard InChI is InChI=1S/C13H10N4O2/c14-8-9-1-4-12(7-13(9)17(18)19)16-11-5-2-10(15)3-6-11/h1-7,16H,15H2. The van der Waals surface area contributed by atoms with Gasteiger partial charge in [-0.25, -0.2) is 0 Å². The maximum atomic E-state index is 10.8. The Hall–Kier alpha value is -3.07. The third-order valence-corrected chi connectivity index (χ3v) is 2.51. The van der Waals surface area contributed by atoms with E-state index in [4.69, 9.17) is 11.0 Å². The number of hydrogen-bond donors (Lipinski definition) is 2. The van der Waals surface area contributed by atoms with Gasteiger partial charge in [0.1, 0.15) is 11.6 Å². The molecule has 0 heterocycles. The van der Waals surface area contributed by atoms with Gasteiger partial charge in [0.05, 0.1) is 4.92 Å². The normalized spacial score (nSPS) is 9.63. The van der Waals surface area contributed by atoms with Crippen LogP contribution in [0.25, 0.3) is 0 Å². The molecule has 0 fully saturated rings. The van der Waals surface area contributed by atoms with Crippen LogP contribution in [0.1, 0.15) is 5.56 Å². The SMILES string of the molecule is N#Cc1ccc(Nc2ccc(N)cc2)cc1[N+](=O)[O-]. The molecule has 2 rings (SSSR count). The van der Waals surface area contributed by atoms with Crippen LogP contribution in [0.2, 0.25) is 0 Å². The molecule has 2 aromatic carbocycles. The molecular formula is C13H10N4O2. The number of nitrogens with two attached hydrogens (primary N) is 1. The number of nitrogens with one attached hydrogen (secondary N) is 1. The fourth-order valence-electron chi connectivity index (χ4n) is 1.59. The van der Waals surface area contributed by atoms with Crippen molar-refractivity contribution < 1.29 is 4.92 Å². The molecule has 0 aliphatic heterocycles. The molecule has 6 heteroatoms. The third kappa shape index (κ3) is 2.79. The summed E-state index contributed by atoms with van der Waals surface area (Å²) < 4.78 is 0. The van der Waals surface area contributed by atoms with E-state index in [0.717, 1.165) is 5.69 Å². The van der Waals surface area contributed by atoms with Gasteiger partial charge in [-0.15, -0.1) is 0 Å². The van der Waals surface area contributed by atoms with Gasteiger partial charge in [0.15, 0.2) is 0 Å². The second kappa shape index (κ2) is 5.06. The Morgan fingerprint density at radius 1 is 1.16 bits per heavy atom. The van der Waals surface area contributed by atoms with Crippen LogP contribution in [0.5, 0.6) is 0 Å². The Balaban J connectivity index is 2.31. The van der Waals surface area contributed by atoms with Crippen molar-refractivity contribution in [1.29, 1.82) is 5.26 Å². The number of benzene rings is 2. The second-order valence-electron chi connectivity index (χ2n) is 3.85. The zero-order chi connectivity index (χ0) is 13.8. The zero-order valence-electron chi connectivity index (χ0n) is 9.83. The summed E-state index contributed by atoms with van der Waals surface area (Å²) in [5.41, 5.74) is 7.31. The van der Waals surface area contributed by atoms with Crippen LogP contribution < -0.4 is 11.1 Å². The molecule has 0 saturated carbocycles. The minimum atomic E-state index is -0.577. The van der Waals surface area contributed by atoms with Crippen LogP contribution in [0.4, 0.5) is 22.7 Å². The highest BCUT2D eigenvalue weighted by molar-refractivity contribution is 5.66. The van der Waals surface area contributed by atoms with Gasteiger partial charge in [0.2, 0.25) is 0 Å². The predicted octanol–water partition coefficient (Wildman–Crippen LogP) is 2.79. The van der Waals surface area contributed by atoms with Gasteiger partial charge in [0, 0.05) is 23.1 Å². The Bertz CT molecular complexity index is 659. The number of hydrogen-bond acceptors (Lipinski definition) is 5. The number of nitrogen functional groups attached to an aromatic ring is 1. The van der Waals surface area contributed by atoms with Crippen LogP contribution in [-0.2, 0) is 0 Å². The first-order chi connectivity index (χ1) is 9.10. The van der Waals surface area contributed by atoms with Crippen LogP contribution in [-0.4, -0.2) is 4.92 Å². The van der Waals surface area contributed by atoms with Crippen molar-refractivity contribution in [3.63, 3.8) is 0 Å². The molecule has 0 amide bonds. The van der Waals surface area contributed by atoms with E-state index < -0.39 is 4.92 Å². The first-order valence-electron chi connectivity index (χ1n) is 5.41. The lowest BCUT2D eigenvalue weighted by Gasteiger charge is -2.06. The summed E-state index contributed by atoms with van der Waals surface area (Å²) >= 11 is 0. The summed E-state index contributed by atoms with van der Waals surface area (Å²) in [7, 11) is 0. The largest absolute Gasteiger partial charge is 0.399 e. The van der Waals surface area contributed by atoms with Gasteiger partial charge in [0.25, 0.3) is 5.69 Å². The lowest BCUT2D eigenvalue weighted by atomic mass is 10.1. The van der Waals surface area contributed by atoms with E-state index in [0.29, 0.717) is 11.4 Å². The molecule has 0 spiro atoms. The molecule has 0 unspecified atom stereocenters. The van der Waals surface area contributed by atoms with Gasteiger partial charge in [-0.2, -0.15) is 5.26 Å². The Labute approximate surface area is 109 Å². The molecule has 0 aromatic heterocycles. The number of rotatable bonds is 3. The number of nitrogens with zero attached hydrogens (tertiary/aromatic N) is 2. The number of nitriles is 1. The van der Waals surface area contributed by atoms with Crippen LogP contribution in [0.3, 0.4) is 0 Å². The fraction of sp³-hybridized carbons (Fsp3) is 0. The monoisotopic (exact) mass is 254 g/mol. The van der Waals surface area contributed by atoms with E-state index in [2.05, 4.69) is 5.32 Å². The first-order valence-corrected chi connectivity index (χ1v) is 5.41. The van der Waals surface area contributed by atoms with E-state index >= 15 is 0 Å². The van der Waals surface area contributed by atoms with Crippen LogP contribution in [0.15, 0.2) is 42.5 Å². The fourth-order valence-corrected chi connectivity index (χ4v) is 1.59. The molecule has 0 aliphatic rings. The average molecular weight is 254 g/mol. The third-order valence-electron chi connectivity index (χ3n) is 2.51. The summed E-state index contributed by atoms with van der Waals surface area (Å²) in [6, 6.07) is 13.1. The Kier molecular flexibility index (Phi) is 3.30. The van der Waals surface area contributed by atoms with Gasteiger partial charge in [-0.3, -0.25) is 10.1 Å². The van der Waals surface area contributed by atoms with Crippen LogP contribution in [0, 0.1) is 21.4 Å². The average Bonchev–Trinajstić information content (AvgIpc) is 2.41. The van der Waals surface area contributed by atoms with E-state index in [-0.39, 0.29) is 11.3 Å². The van der Waals surface area contributed by atoms with Crippen molar-refractivity contribution in [3.8, 4) is 6.07 Å². The van der Waals surface area contributed by atoms with E-state index in [1.807, 2.05) is 0 Å². The molecule has 0 bridgehead atoms. The lowest BCUT2D eigenvalue weighted by Crippen LogP contribution is -1.96. The maximum Gasteiger partial charge on any atom is 0.289 e. The topological polar surface area (TPSA) is 105 Å². The number of anilines is 3. The van der Waals surface area contributed by atoms with Gasteiger partial charge in [-0.05, 0) is 36.4 Å². The Morgan fingerprint density at radius 3 is 2.37 bits per heavy atom. The highest BCUT2D eigenvalue weighted by atomic mass is 16.6. The summed E-state index contributed by atoms with van der Waals surface area (Å²) in [5, 5.41) is 22.6. The molecule has 0 aliphatic carbocycles. The molecule has 6 nitrogen and oxygen atoms in total. The van der Waals surface area contributed by atoms with E-state index in [9.17, 15) is 10.1 Å². The molecule has 0 radical (unpaired) electrons. The maximum absolute atomic E-state index is 10.8. The first kappa shape index (κ1) is 12.4. The highest BCUT2D eigenvalue weighted by Crippen LogP contribution is 2.25. The quantitative estimate of drug-likeness (QED) is 0.497. The van der Waals surface area contributed by atoms with Crippen molar-refractivity contribution in [2.75, 3.05) is 11.1 Å². The minimum Gasteiger partial charge on any atom is -0.399 e. The van der Waals surface area contributed by atoms with Gasteiger partial charge < -0.3 is 11.1 Å². The smallest absolute Gasteiger partial charge is 0.289 e. The molecule has 19 heavy (non-hydrogen) atoms. The zero-order valence-corrected chi connectivity index (χ0v) is 9.83. The van der Waals surface area contributed by atoms with E-state index in [1.54, 1.807) is 36.4 Å². The van der Waals surface area contributed by atoms with Gasteiger partial charge >= 0.3 is 0 Å². The molecule has 94 valence electrons. The van der Waals surface area contributed by atoms with Crippen molar-refractivity contribution in [1.82, 2.24) is 0 Å². The van der Waals surface area contributed by atoms with Gasteiger partial charge in [-0.1, -0.05) is 0 Å². The molecule has 0 atom stereocenters. The second-order valence-corrected chi connectivity index (χ2v) is 3.85. The summed E-state index contributed by atoms with van der Waals surface area (Å²) in [4.78, 5) is 10.3. The lowest BCUT2D eigenvalue weighted by molar-refractivity contribution is -0.385. The minimum absolute atomic E-state index is 0.0351. The molecule has 0 saturated heterocycles. The molecule has 2 aromatic rings. The molecule has 3 N–H and O–H groups in total. The van der Waals surface area contributed by atoms with E-state index in [1.165, 1.54) is 12.1 Å².